The summed E-state index contributed by atoms with van der Waals surface area (Å²) in [5.41, 5.74) is 0.967. The van der Waals surface area contributed by atoms with Crippen LogP contribution in [0.1, 0.15) is 37.4 Å². The number of amides is 1. The van der Waals surface area contributed by atoms with Crippen molar-refractivity contribution in [2.75, 3.05) is 39.4 Å². The summed E-state index contributed by atoms with van der Waals surface area (Å²) >= 11 is 12.4. The van der Waals surface area contributed by atoms with Gasteiger partial charge in [-0.25, -0.2) is 0 Å². The second-order valence-corrected chi connectivity index (χ2v) is 9.22. The van der Waals surface area contributed by atoms with Crippen LogP contribution in [-0.2, 0) is 9.59 Å². The van der Waals surface area contributed by atoms with Crippen molar-refractivity contribution in [2.45, 2.75) is 26.3 Å². The fraction of sp³-hybridized carbons (Fsp3) is 0.385. The lowest BCUT2D eigenvalue weighted by Crippen LogP contribution is -2.33. The maximum absolute atomic E-state index is 13.2. The minimum atomic E-state index is -0.797. The van der Waals surface area contributed by atoms with Crippen LogP contribution in [0, 0.1) is 0 Å². The van der Waals surface area contributed by atoms with E-state index in [0.29, 0.717) is 58.9 Å². The minimum Gasteiger partial charge on any atom is -0.507 e. The second kappa shape index (κ2) is 10.9. The second-order valence-electron chi connectivity index (χ2n) is 8.40. The molecule has 0 aliphatic carbocycles. The first-order chi connectivity index (χ1) is 16.8. The van der Waals surface area contributed by atoms with E-state index in [2.05, 4.69) is 18.7 Å². The van der Waals surface area contributed by atoms with E-state index in [0.717, 1.165) is 19.6 Å². The molecule has 2 aromatic rings. The number of halogens is 2. The molecular formula is C26H28Cl2N2O5. The molecule has 9 heteroatoms. The van der Waals surface area contributed by atoms with Gasteiger partial charge in [0.1, 0.15) is 19.0 Å². The third-order valence-corrected chi connectivity index (χ3v) is 7.12. The molecule has 1 N–H and O–H groups in total. The Balaban J connectivity index is 1.75. The molecule has 1 amide bonds. The Morgan fingerprint density at radius 3 is 2.43 bits per heavy atom. The number of rotatable bonds is 8. The van der Waals surface area contributed by atoms with Crippen LogP contribution in [0.25, 0.3) is 5.76 Å². The van der Waals surface area contributed by atoms with Crippen LogP contribution in [0.2, 0.25) is 10.0 Å². The van der Waals surface area contributed by atoms with Gasteiger partial charge in [-0.2, -0.15) is 0 Å². The summed E-state index contributed by atoms with van der Waals surface area (Å²) in [7, 11) is 0. The monoisotopic (exact) mass is 518 g/mol. The normalized spacial score (nSPS) is 19.0. The lowest BCUT2D eigenvalue weighted by Gasteiger charge is -2.27. The standard InChI is InChI=1S/C26H28Cl2N2O5/c1-3-29(4-2)10-5-11-30-23(16-6-8-18(27)19(28)14-16)22(25(32)26(30)33)24(31)17-7-9-20-21(15-17)35-13-12-34-20/h6-9,14-15,23,31H,3-5,10-13H2,1-2H3/b24-22-. The predicted molar refractivity (Wildman–Crippen MR) is 135 cm³/mol. The molecule has 35 heavy (non-hydrogen) atoms. The summed E-state index contributed by atoms with van der Waals surface area (Å²) < 4.78 is 11.2. The molecule has 2 aliphatic rings. The van der Waals surface area contributed by atoms with Gasteiger partial charge in [-0.3, -0.25) is 9.59 Å². The van der Waals surface area contributed by atoms with Gasteiger partial charge in [0.15, 0.2) is 11.5 Å². The molecule has 0 saturated carbocycles. The summed E-state index contributed by atoms with van der Waals surface area (Å²) in [4.78, 5) is 30.1. The van der Waals surface area contributed by atoms with E-state index in [-0.39, 0.29) is 11.3 Å². The lowest BCUT2D eigenvalue weighted by atomic mass is 9.95. The number of Topliss-reactive ketones (excluding diaryl/α,β-unsaturated/α-hetero) is 1. The van der Waals surface area contributed by atoms with Crippen molar-refractivity contribution in [3.8, 4) is 11.5 Å². The first kappa shape index (κ1) is 25.4. The van der Waals surface area contributed by atoms with Crippen LogP contribution in [-0.4, -0.2) is 66.0 Å². The molecule has 1 fully saturated rings. The average molecular weight is 519 g/mol. The zero-order chi connectivity index (χ0) is 25.1. The van der Waals surface area contributed by atoms with E-state index < -0.39 is 17.7 Å². The highest BCUT2D eigenvalue weighted by molar-refractivity contribution is 6.46. The fourth-order valence-electron chi connectivity index (χ4n) is 4.49. The zero-order valence-corrected chi connectivity index (χ0v) is 21.2. The van der Waals surface area contributed by atoms with E-state index in [1.54, 1.807) is 36.4 Å². The molecule has 0 radical (unpaired) electrons. The molecule has 1 unspecified atom stereocenters. The third kappa shape index (κ3) is 5.13. The number of likely N-dealkylation sites (tertiary alicyclic amines) is 1. The molecule has 1 saturated heterocycles. The van der Waals surface area contributed by atoms with Crippen molar-refractivity contribution < 1.29 is 24.2 Å². The van der Waals surface area contributed by atoms with Gasteiger partial charge in [0.2, 0.25) is 0 Å². The van der Waals surface area contributed by atoms with E-state index in [9.17, 15) is 14.7 Å². The zero-order valence-electron chi connectivity index (χ0n) is 19.7. The summed E-state index contributed by atoms with van der Waals surface area (Å²) in [5.74, 6) is -0.635. The summed E-state index contributed by atoms with van der Waals surface area (Å²) in [6.45, 7) is 7.92. The number of aliphatic hydroxyl groups excluding tert-OH is 1. The van der Waals surface area contributed by atoms with Crippen molar-refractivity contribution in [3.05, 3.63) is 63.1 Å². The molecule has 4 rings (SSSR count). The Bertz CT molecular complexity index is 1160. The predicted octanol–water partition coefficient (Wildman–Crippen LogP) is 4.92. The first-order valence-electron chi connectivity index (χ1n) is 11.7. The molecule has 0 aromatic heterocycles. The van der Waals surface area contributed by atoms with Gasteiger partial charge in [-0.05, 0) is 62.0 Å². The summed E-state index contributed by atoms with van der Waals surface area (Å²) in [5, 5.41) is 12.0. The average Bonchev–Trinajstić information content (AvgIpc) is 3.12. The highest BCUT2D eigenvalue weighted by atomic mass is 35.5. The summed E-state index contributed by atoms with van der Waals surface area (Å²) in [6.07, 6.45) is 0.677. The minimum absolute atomic E-state index is 0.00732. The number of benzene rings is 2. The van der Waals surface area contributed by atoms with E-state index in [1.807, 2.05) is 0 Å². The number of carbonyl (C=O) groups is 2. The van der Waals surface area contributed by atoms with Crippen molar-refractivity contribution in [3.63, 3.8) is 0 Å². The number of ether oxygens (including phenoxy) is 2. The van der Waals surface area contributed by atoms with Gasteiger partial charge in [0.25, 0.3) is 11.7 Å². The molecule has 2 aliphatic heterocycles. The molecule has 1 atom stereocenters. The van der Waals surface area contributed by atoms with Crippen molar-refractivity contribution >= 4 is 40.7 Å². The molecule has 2 aromatic carbocycles. The molecule has 186 valence electrons. The van der Waals surface area contributed by atoms with Crippen LogP contribution >= 0.6 is 23.2 Å². The Kier molecular flexibility index (Phi) is 7.89. The van der Waals surface area contributed by atoms with Crippen LogP contribution in [0.3, 0.4) is 0 Å². The number of hydrogen-bond donors (Lipinski definition) is 1. The number of fused-ring (bicyclic) bond motifs is 1. The van der Waals surface area contributed by atoms with E-state index in [4.69, 9.17) is 32.7 Å². The topological polar surface area (TPSA) is 79.3 Å². The molecular weight excluding hydrogens is 491 g/mol. The van der Waals surface area contributed by atoms with Gasteiger partial charge in [0, 0.05) is 12.1 Å². The Hall–Kier alpha value is -2.74. The quantitative estimate of drug-likeness (QED) is 0.303. The Morgan fingerprint density at radius 1 is 1.03 bits per heavy atom. The van der Waals surface area contributed by atoms with Gasteiger partial charge < -0.3 is 24.4 Å². The Labute approximate surface area is 214 Å². The molecule has 0 spiro atoms. The number of ketones is 1. The third-order valence-electron chi connectivity index (χ3n) is 6.38. The number of aliphatic hydroxyl groups is 1. The van der Waals surface area contributed by atoms with Crippen LogP contribution in [0.15, 0.2) is 42.0 Å². The Morgan fingerprint density at radius 2 is 1.74 bits per heavy atom. The SMILES string of the molecule is CCN(CC)CCCN1C(=O)C(=O)/C(=C(\O)c2ccc3c(c2)OCCO3)C1c1ccc(Cl)c(Cl)c1. The lowest BCUT2D eigenvalue weighted by molar-refractivity contribution is -0.140. The number of carbonyl (C=O) groups excluding carboxylic acids is 2. The molecule has 2 heterocycles. The van der Waals surface area contributed by atoms with Crippen LogP contribution < -0.4 is 9.47 Å². The van der Waals surface area contributed by atoms with Gasteiger partial charge in [-0.15, -0.1) is 0 Å². The highest BCUT2D eigenvalue weighted by Gasteiger charge is 2.46. The summed E-state index contributed by atoms with van der Waals surface area (Å²) in [6, 6.07) is 9.12. The molecule has 7 nitrogen and oxygen atoms in total. The van der Waals surface area contributed by atoms with Gasteiger partial charge >= 0.3 is 0 Å². The fourth-order valence-corrected chi connectivity index (χ4v) is 4.80. The van der Waals surface area contributed by atoms with Crippen molar-refractivity contribution in [1.82, 2.24) is 9.80 Å². The number of hydrogen-bond acceptors (Lipinski definition) is 6. The smallest absolute Gasteiger partial charge is 0.295 e. The van der Waals surface area contributed by atoms with Crippen molar-refractivity contribution in [1.29, 1.82) is 0 Å². The maximum Gasteiger partial charge on any atom is 0.295 e. The maximum atomic E-state index is 13.2. The van der Waals surface area contributed by atoms with Gasteiger partial charge in [0.05, 0.1) is 21.7 Å². The largest absolute Gasteiger partial charge is 0.507 e. The number of nitrogens with zero attached hydrogens (tertiary/aromatic N) is 2. The van der Waals surface area contributed by atoms with Crippen LogP contribution in [0.4, 0.5) is 0 Å². The van der Waals surface area contributed by atoms with Gasteiger partial charge in [-0.1, -0.05) is 43.1 Å². The van der Waals surface area contributed by atoms with Crippen LogP contribution in [0.5, 0.6) is 11.5 Å². The first-order valence-corrected chi connectivity index (χ1v) is 12.5. The highest BCUT2D eigenvalue weighted by Crippen LogP contribution is 2.42. The molecule has 0 bridgehead atoms. The van der Waals surface area contributed by atoms with Crippen molar-refractivity contribution in [2.24, 2.45) is 0 Å². The van der Waals surface area contributed by atoms with E-state index >= 15 is 0 Å². The van der Waals surface area contributed by atoms with E-state index in [1.165, 1.54) is 4.90 Å².